The predicted molar refractivity (Wildman–Crippen MR) is 77.1 cm³/mol. The van der Waals surface area contributed by atoms with Gasteiger partial charge in [-0.2, -0.15) is 26.3 Å². The summed E-state index contributed by atoms with van der Waals surface area (Å²) in [6.45, 7) is 2.39. The number of hydrogen-bond donors (Lipinski definition) is 0. The molecule has 0 saturated carbocycles. The van der Waals surface area contributed by atoms with E-state index in [1.165, 1.54) is 23.1 Å². The van der Waals surface area contributed by atoms with Gasteiger partial charge in [0, 0.05) is 23.9 Å². The van der Waals surface area contributed by atoms with Gasteiger partial charge in [-0.1, -0.05) is 13.0 Å². The molecular weight excluding hydrogens is 400 g/mol. The third kappa shape index (κ3) is 7.12. The maximum Gasteiger partial charge on any atom is 0.505 e. The molecule has 5 nitrogen and oxygen atoms in total. The van der Waals surface area contributed by atoms with Crippen molar-refractivity contribution in [3.05, 3.63) is 23.8 Å². The Labute approximate surface area is 143 Å². The Morgan fingerprint density at radius 3 is 1.96 bits per heavy atom. The van der Waals surface area contributed by atoms with Crippen molar-refractivity contribution in [3.8, 4) is 0 Å². The lowest BCUT2D eigenvalue weighted by Crippen LogP contribution is -2.22. The van der Waals surface area contributed by atoms with Crippen molar-refractivity contribution >= 4 is 27.5 Å². The van der Waals surface area contributed by atoms with Gasteiger partial charge in [-0.15, -0.1) is 0 Å². The van der Waals surface area contributed by atoms with E-state index in [2.05, 4.69) is 0 Å². The highest BCUT2D eigenvalue weighted by Gasteiger charge is 2.42. The van der Waals surface area contributed by atoms with Crippen molar-refractivity contribution in [2.75, 3.05) is 18.5 Å². The molecular formula is C12H13F6NO4S2. The molecule has 0 fully saturated rings. The molecule has 144 valence electrons. The van der Waals surface area contributed by atoms with E-state index in [1.807, 2.05) is 6.92 Å². The van der Waals surface area contributed by atoms with Crippen LogP contribution in [0.1, 0.15) is 18.9 Å². The third-order valence-electron chi connectivity index (χ3n) is 2.63. The smallest absolute Gasteiger partial charge is 0.505 e. The molecule has 1 aromatic rings. The highest BCUT2D eigenvalue weighted by molar-refractivity contribution is 7.86. The zero-order chi connectivity index (χ0) is 20.1. The van der Waals surface area contributed by atoms with E-state index in [-0.39, 0.29) is 22.2 Å². The Hall–Kier alpha value is -1.47. The molecule has 0 spiro atoms. The van der Waals surface area contributed by atoms with Gasteiger partial charge in [-0.25, -0.2) is 8.42 Å². The summed E-state index contributed by atoms with van der Waals surface area (Å²) in [5.41, 5.74) is -6.43. The molecule has 0 amide bonds. The second-order valence-electron chi connectivity index (χ2n) is 4.55. The summed E-state index contributed by atoms with van der Waals surface area (Å²) < 4.78 is 108. The molecule has 0 radical (unpaired) electrons. The molecule has 0 aliphatic carbocycles. The molecule has 0 heterocycles. The number of nitrogens with zero attached hydrogens (tertiary/aromatic N) is 1. The van der Waals surface area contributed by atoms with Crippen molar-refractivity contribution in [2.45, 2.75) is 29.9 Å². The maximum atomic E-state index is 12.9. The van der Waals surface area contributed by atoms with E-state index in [9.17, 15) is 30.6 Å². The fraction of sp³-hybridized carbons (Fsp3) is 0.500. The second kappa shape index (κ2) is 8.76. The van der Waals surface area contributed by atoms with Crippen molar-refractivity contribution in [3.63, 3.8) is 0 Å². The van der Waals surface area contributed by atoms with Gasteiger partial charge in [0.25, 0.3) is 0 Å². The minimum Gasteiger partial charge on any atom is -0.741 e. The van der Waals surface area contributed by atoms with Crippen LogP contribution in [0.2, 0.25) is 0 Å². The Bertz CT molecular complexity index is 688. The predicted octanol–water partition coefficient (Wildman–Crippen LogP) is 3.39. The summed E-state index contributed by atoms with van der Waals surface area (Å²) in [7, 11) is -4.50. The molecule has 0 aliphatic heterocycles. The van der Waals surface area contributed by atoms with E-state index in [1.54, 1.807) is 7.05 Å². The summed E-state index contributed by atoms with van der Waals surface area (Å²) in [5, 5.41) is 0. The van der Waals surface area contributed by atoms with E-state index in [0.29, 0.717) is 6.54 Å². The van der Waals surface area contributed by atoms with Crippen LogP contribution in [0.3, 0.4) is 0 Å². The topological polar surface area (TPSA) is 77.5 Å². The molecule has 0 bridgehead atoms. The maximum absolute atomic E-state index is 12.9. The number of hydrogen-bond acceptors (Lipinski definition) is 5. The van der Waals surface area contributed by atoms with E-state index >= 15 is 0 Å². The van der Waals surface area contributed by atoms with Gasteiger partial charge in [-0.05, 0) is 12.5 Å². The van der Waals surface area contributed by atoms with Crippen LogP contribution in [-0.4, -0.2) is 32.1 Å². The Balaban J connectivity index is 0.000000609. The van der Waals surface area contributed by atoms with Crippen molar-refractivity contribution in [2.24, 2.45) is 0 Å². The van der Waals surface area contributed by atoms with Gasteiger partial charge in [0.1, 0.15) is 5.56 Å². The van der Waals surface area contributed by atoms with E-state index in [4.69, 9.17) is 13.0 Å². The van der Waals surface area contributed by atoms with Crippen LogP contribution in [0, 0.1) is 0 Å². The molecule has 0 unspecified atom stereocenters. The van der Waals surface area contributed by atoms with Gasteiger partial charge in [-0.3, -0.25) is 0 Å². The number of anilines is 1. The second-order valence-corrected chi connectivity index (χ2v) is 6.53. The van der Waals surface area contributed by atoms with Gasteiger partial charge in [0.2, 0.25) is 0 Å². The lowest BCUT2D eigenvalue weighted by Gasteiger charge is -2.21. The molecule has 25 heavy (non-hydrogen) atoms. The summed E-state index contributed by atoms with van der Waals surface area (Å²) in [5.74, 6) is 0. The van der Waals surface area contributed by atoms with Crippen molar-refractivity contribution in [1.82, 2.24) is 0 Å². The minimum absolute atomic E-state index is 0.0557. The molecule has 1 aromatic carbocycles. The average molecular weight is 413 g/mol. The zero-order valence-corrected chi connectivity index (χ0v) is 14.4. The summed E-state index contributed by atoms with van der Waals surface area (Å²) in [4.78, 5) is 1.24. The average Bonchev–Trinajstić information content (AvgIpc) is 2.44. The lowest BCUT2D eigenvalue weighted by molar-refractivity contribution is -0.139. The van der Waals surface area contributed by atoms with Crippen molar-refractivity contribution in [1.29, 1.82) is 0 Å². The summed E-state index contributed by atoms with van der Waals surface area (Å²) >= 11 is -0.125. The van der Waals surface area contributed by atoms with E-state index in [0.717, 1.165) is 6.42 Å². The van der Waals surface area contributed by atoms with Gasteiger partial charge >= 0.3 is 28.2 Å². The summed E-state index contributed by atoms with van der Waals surface area (Å²) in [6, 6.07) is 4.05. The van der Waals surface area contributed by atoms with Crippen LogP contribution < -0.4 is 4.90 Å². The molecule has 0 aromatic heterocycles. The summed E-state index contributed by atoms with van der Waals surface area (Å²) in [6.07, 6.45) is -3.77. The zero-order valence-electron chi connectivity index (χ0n) is 12.8. The SMILES string of the molecule is CCCN(C)c1cccc([S+]=O)c1C(F)(F)F.O=S(=O)([O-])C(F)(F)F. The fourth-order valence-electron chi connectivity index (χ4n) is 1.65. The van der Waals surface area contributed by atoms with E-state index < -0.39 is 27.4 Å². The first-order chi connectivity index (χ1) is 11.2. The van der Waals surface area contributed by atoms with Gasteiger partial charge in [0.05, 0.1) is 5.69 Å². The first kappa shape index (κ1) is 23.5. The normalized spacial score (nSPS) is 12.2. The van der Waals surface area contributed by atoms with Crippen LogP contribution in [0.4, 0.5) is 32.0 Å². The van der Waals surface area contributed by atoms with Crippen LogP contribution in [0.15, 0.2) is 23.1 Å². The standard InChI is InChI=1S/C11H13F3NOS.CHF3O3S/c1-3-7-15(2)8-5-4-6-9(17-16)10(8)11(12,13)14;2-1(3,4)8(5,6)7/h4-6H,3,7H2,1-2H3;(H,5,6,7)/q+1;/p-1. The minimum atomic E-state index is -6.09. The number of benzene rings is 1. The molecule has 0 N–H and O–H groups in total. The van der Waals surface area contributed by atoms with Crippen molar-refractivity contribution < 1.29 is 43.5 Å². The first-order valence-corrected chi connectivity index (χ1v) is 8.55. The quantitative estimate of drug-likeness (QED) is 0.327. The lowest BCUT2D eigenvalue weighted by atomic mass is 10.1. The molecule has 0 atom stereocenters. The number of rotatable bonds is 4. The highest BCUT2D eigenvalue weighted by Crippen LogP contribution is 2.39. The monoisotopic (exact) mass is 413 g/mol. The molecule has 13 heteroatoms. The van der Waals surface area contributed by atoms with Crippen LogP contribution >= 0.6 is 0 Å². The Morgan fingerprint density at radius 2 is 1.64 bits per heavy atom. The highest BCUT2D eigenvalue weighted by atomic mass is 32.2. The molecule has 0 saturated heterocycles. The number of halogens is 6. The van der Waals surface area contributed by atoms with Crippen LogP contribution in [0.25, 0.3) is 0 Å². The largest absolute Gasteiger partial charge is 0.741 e. The van der Waals surface area contributed by atoms with Crippen LogP contribution in [-0.2, 0) is 32.2 Å². The molecule has 1 rings (SSSR count). The van der Waals surface area contributed by atoms with Crippen LogP contribution in [0.5, 0.6) is 0 Å². The number of alkyl halides is 6. The first-order valence-electron chi connectivity index (χ1n) is 6.40. The Kier molecular flexibility index (Phi) is 8.24. The van der Waals surface area contributed by atoms with Gasteiger partial charge < -0.3 is 9.45 Å². The molecule has 0 aliphatic rings. The Morgan fingerprint density at radius 1 is 1.16 bits per heavy atom. The fourth-order valence-corrected chi connectivity index (χ4v) is 2.09. The third-order valence-corrected chi connectivity index (χ3v) is 3.72. The van der Waals surface area contributed by atoms with Gasteiger partial charge in [0.15, 0.2) is 10.1 Å².